The van der Waals surface area contributed by atoms with E-state index in [0.717, 1.165) is 0 Å². The third-order valence-electron chi connectivity index (χ3n) is 4.22. The minimum absolute atomic E-state index is 0.0683. The topological polar surface area (TPSA) is 108 Å². The Balaban J connectivity index is 2.61. The summed E-state index contributed by atoms with van der Waals surface area (Å²) in [5, 5.41) is 23.4. The SMILES string of the molecule is CC(C)(C)[Si](C)(C)OCC1OCC(N=[N+]=[N-])C(O)C1O. The maximum Gasteiger partial charge on any atom is 0.192 e. The zero-order valence-corrected chi connectivity index (χ0v) is 13.8. The second-order valence-corrected chi connectivity index (χ2v) is 11.5. The first-order valence-electron chi connectivity index (χ1n) is 6.76. The maximum absolute atomic E-state index is 10.0. The Morgan fingerprint density at radius 3 is 2.45 bits per heavy atom. The third kappa shape index (κ3) is 3.94. The zero-order valence-electron chi connectivity index (χ0n) is 12.8. The van der Waals surface area contributed by atoms with Gasteiger partial charge in [-0.3, -0.25) is 0 Å². The fourth-order valence-electron chi connectivity index (χ4n) is 1.69. The van der Waals surface area contributed by atoms with Gasteiger partial charge in [-0.2, -0.15) is 0 Å². The molecule has 0 bridgehead atoms. The first kappa shape index (κ1) is 17.4. The number of aliphatic hydroxyl groups excluding tert-OH is 2. The van der Waals surface area contributed by atoms with Gasteiger partial charge in [0.15, 0.2) is 8.32 Å². The van der Waals surface area contributed by atoms with Crippen LogP contribution in [-0.2, 0) is 9.16 Å². The van der Waals surface area contributed by atoms with Crippen LogP contribution in [0.25, 0.3) is 10.4 Å². The van der Waals surface area contributed by atoms with E-state index in [1.54, 1.807) is 0 Å². The van der Waals surface area contributed by atoms with Gasteiger partial charge in [0.1, 0.15) is 12.2 Å². The van der Waals surface area contributed by atoms with Gasteiger partial charge in [0.2, 0.25) is 0 Å². The predicted molar refractivity (Wildman–Crippen MR) is 77.8 cm³/mol. The molecule has 0 aromatic carbocycles. The van der Waals surface area contributed by atoms with Crippen molar-refractivity contribution in [1.82, 2.24) is 0 Å². The molecule has 1 aliphatic rings. The summed E-state index contributed by atoms with van der Waals surface area (Å²) in [7, 11) is -1.93. The fourth-order valence-corrected chi connectivity index (χ4v) is 2.70. The number of rotatable bonds is 4. The van der Waals surface area contributed by atoms with E-state index in [2.05, 4.69) is 43.9 Å². The van der Waals surface area contributed by atoms with E-state index in [1.807, 2.05) is 0 Å². The van der Waals surface area contributed by atoms with Crippen molar-refractivity contribution in [2.45, 2.75) is 63.3 Å². The molecule has 1 fully saturated rings. The molecule has 1 heterocycles. The van der Waals surface area contributed by atoms with Crippen LogP contribution in [0.3, 0.4) is 0 Å². The van der Waals surface area contributed by atoms with E-state index in [-0.39, 0.29) is 18.3 Å². The quantitative estimate of drug-likeness (QED) is 0.357. The summed E-state index contributed by atoms with van der Waals surface area (Å²) in [5.41, 5.74) is 8.38. The standard InChI is InChI=1S/C12H25N3O4Si/c1-12(2,3)20(4,5)19-7-9-11(17)10(16)8(6-18-9)14-15-13/h8-11,16-17H,6-7H2,1-5H3. The highest BCUT2D eigenvalue weighted by molar-refractivity contribution is 6.74. The minimum Gasteiger partial charge on any atom is -0.414 e. The molecule has 0 aliphatic carbocycles. The molecule has 7 nitrogen and oxygen atoms in total. The average Bonchev–Trinajstić information content (AvgIpc) is 2.33. The minimum atomic E-state index is -1.93. The molecule has 0 aromatic heterocycles. The second kappa shape index (κ2) is 6.42. The van der Waals surface area contributed by atoms with Crippen LogP contribution in [0.2, 0.25) is 18.1 Å². The molecule has 0 spiro atoms. The first-order valence-corrected chi connectivity index (χ1v) is 9.67. The van der Waals surface area contributed by atoms with E-state index in [4.69, 9.17) is 14.7 Å². The molecular formula is C12H25N3O4Si. The summed E-state index contributed by atoms with van der Waals surface area (Å²) in [5.74, 6) is 0. The Hall–Kier alpha value is -0.633. The highest BCUT2D eigenvalue weighted by Gasteiger charge is 2.41. The smallest absolute Gasteiger partial charge is 0.192 e. The monoisotopic (exact) mass is 303 g/mol. The second-order valence-electron chi connectivity index (χ2n) is 6.70. The van der Waals surface area contributed by atoms with Crippen LogP contribution >= 0.6 is 0 Å². The Bertz CT molecular complexity index is 379. The molecule has 0 radical (unpaired) electrons. The van der Waals surface area contributed by atoms with Gasteiger partial charge in [-0.25, -0.2) is 0 Å². The molecule has 0 aromatic rings. The molecule has 20 heavy (non-hydrogen) atoms. The molecule has 4 atom stereocenters. The van der Waals surface area contributed by atoms with Crippen molar-refractivity contribution in [3.63, 3.8) is 0 Å². The van der Waals surface area contributed by atoms with Gasteiger partial charge in [-0.05, 0) is 23.7 Å². The third-order valence-corrected chi connectivity index (χ3v) is 8.72. The van der Waals surface area contributed by atoms with E-state index >= 15 is 0 Å². The summed E-state index contributed by atoms with van der Waals surface area (Å²) >= 11 is 0. The molecule has 4 unspecified atom stereocenters. The summed E-state index contributed by atoms with van der Waals surface area (Å²) in [6.07, 6.45) is -2.82. The van der Waals surface area contributed by atoms with Gasteiger partial charge >= 0.3 is 0 Å². The molecule has 2 N–H and O–H groups in total. The molecule has 0 amide bonds. The largest absolute Gasteiger partial charge is 0.414 e. The van der Waals surface area contributed by atoms with E-state index in [0.29, 0.717) is 0 Å². The Labute approximate surface area is 120 Å². The lowest BCUT2D eigenvalue weighted by atomic mass is 9.99. The molecular weight excluding hydrogens is 278 g/mol. The molecule has 0 saturated carbocycles. The lowest BCUT2D eigenvalue weighted by Crippen LogP contribution is -2.55. The predicted octanol–water partition coefficient (Wildman–Crippen LogP) is 1.81. The van der Waals surface area contributed by atoms with Gasteiger partial charge < -0.3 is 19.4 Å². The summed E-state index contributed by atoms with van der Waals surface area (Å²) < 4.78 is 11.4. The maximum atomic E-state index is 10.0. The Kier molecular flexibility index (Phi) is 5.59. The Morgan fingerprint density at radius 2 is 1.95 bits per heavy atom. The van der Waals surface area contributed by atoms with E-state index < -0.39 is 32.7 Å². The summed E-state index contributed by atoms with van der Waals surface area (Å²) in [4.78, 5) is 2.64. The van der Waals surface area contributed by atoms with Crippen molar-refractivity contribution in [1.29, 1.82) is 0 Å². The first-order chi connectivity index (χ1) is 9.10. The molecule has 116 valence electrons. The molecule has 1 aliphatic heterocycles. The zero-order chi connectivity index (χ0) is 15.6. The van der Waals surface area contributed by atoms with Crippen LogP contribution < -0.4 is 0 Å². The van der Waals surface area contributed by atoms with Gasteiger partial charge in [0.25, 0.3) is 0 Å². The van der Waals surface area contributed by atoms with E-state index in [1.165, 1.54) is 0 Å². The highest BCUT2D eigenvalue weighted by Crippen LogP contribution is 2.37. The number of nitrogens with zero attached hydrogens (tertiary/aromatic N) is 3. The van der Waals surface area contributed by atoms with E-state index in [9.17, 15) is 10.2 Å². The van der Waals surface area contributed by atoms with Crippen molar-refractivity contribution in [2.24, 2.45) is 5.11 Å². The van der Waals surface area contributed by atoms with Gasteiger partial charge in [0.05, 0.1) is 25.4 Å². The van der Waals surface area contributed by atoms with Crippen molar-refractivity contribution in [3.05, 3.63) is 10.4 Å². The Morgan fingerprint density at radius 1 is 1.35 bits per heavy atom. The van der Waals surface area contributed by atoms with Crippen LogP contribution in [0.15, 0.2) is 5.11 Å². The van der Waals surface area contributed by atoms with Gasteiger partial charge in [-0.15, -0.1) is 0 Å². The van der Waals surface area contributed by atoms with Crippen molar-refractivity contribution in [3.8, 4) is 0 Å². The number of hydrogen-bond acceptors (Lipinski definition) is 5. The van der Waals surface area contributed by atoms with Crippen LogP contribution in [0.4, 0.5) is 0 Å². The summed E-state index contributed by atoms with van der Waals surface area (Å²) in [6.45, 7) is 10.9. The number of aliphatic hydroxyl groups is 2. The number of azide groups is 1. The average molecular weight is 303 g/mol. The lowest BCUT2D eigenvalue weighted by Gasteiger charge is -2.40. The lowest BCUT2D eigenvalue weighted by molar-refractivity contribution is -0.154. The number of ether oxygens (including phenoxy) is 1. The van der Waals surface area contributed by atoms with Crippen molar-refractivity contribution >= 4 is 8.32 Å². The van der Waals surface area contributed by atoms with Crippen molar-refractivity contribution < 1.29 is 19.4 Å². The van der Waals surface area contributed by atoms with Crippen LogP contribution in [-0.4, -0.2) is 56.1 Å². The molecule has 1 rings (SSSR count). The van der Waals surface area contributed by atoms with Gasteiger partial charge in [-0.1, -0.05) is 25.9 Å². The molecule has 1 saturated heterocycles. The number of hydrogen-bond donors (Lipinski definition) is 2. The highest BCUT2D eigenvalue weighted by atomic mass is 28.4. The van der Waals surface area contributed by atoms with Crippen LogP contribution in [0.5, 0.6) is 0 Å². The van der Waals surface area contributed by atoms with Gasteiger partial charge in [0, 0.05) is 4.91 Å². The van der Waals surface area contributed by atoms with Crippen LogP contribution in [0, 0.1) is 0 Å². The summed E-state index contributed by atoms with van der Waals surface area (Å²) in [6, 6.07) is -0.751. The van der Waals surface area contributed by atoms with Crippen molar-refractivity contribution in [2.75, 3.05) is 13.2 Å². The normalized spacial score (nSPS) is 31.8. The fraction of sp³-hybridized carbons (Fsp3) is 1.00. The van der Waals surface area contributed by atoms with Crippen LogP contribution in [0.1, 0.15) is 20.8 Å². The molecule has 8 heteroatoms.